The number of rotatable bonds is 5. The topological polar surface area (TPSA) is 41.3 Å². The van der Waals surface area contributed by atoms with Crippen molar-refractivity contribution < 1.29 is 4.42 Å². The van der Waals surface area contributed by atoms with Crippen LogP contribution in [0.1, 0.15) is 44.0 Å². The van der Waals surface area contributed by atoms with E-state index in [1.165, 1.54) is 12.8 Å². The molecule has 0 saturated carbocycles. The molecule has 0 unspecified atom stereocenters. The third kappa shape index (κ3) is 4.05. The van der Waals surface area contributed by atoms with Gasteiger partial charge in [-0.05, 0) is 59.5 Å². The zero-order valence-electron chi connectivity index (χ0n) is 12.7. The molecular formula is C15H27N3O. The fraction of sp³-hybridized carbons (Fsp3) is 0.800. The second kappa shape index (κ2) is 6.53. The molecule has 1 fully saturated rings. The van der Waals surface area contributed by atoms with Crippen LogP contribution in [0.2, 0.25) is 0 Å². The fourth-order valence-corrected chi connectivity index (χ4v) is 2.63. The maximum atomic E-state index is 5.72. The Morgan fingerprint density at radius 2 is 2.00 bits per heavy atom. The standard InChI is InChI=1S/C15H27N3O/c1-11(2)18(9-14-5-7-16-8-6-14)10-15-17-12(3)13(4)19-15/h11,14,16H,5-10H2,1-4H3. The summed E-state index contributed by atoms with van der Waals surface area (Å²) in [5, 5.41) is 3.43. The van der Waals surface area contributed by atoms with Crippen LogP contribution in [0.4, 0.5) is 0 Å². The van der Waals surface area contributed by atoms with Crippen LogP contribution in [0.3, 0.4) is 0 Å². The summed E-state index contributed by atoms with van der Waals surface area (Å²) in [5.74, 6) is 2.61. The van der Waals surface area contributed by atoms with Crippen molar-refractivity contribution in [3.8, 4) is 0 Å². The van der Waals surface area contributed by atoms with Gasteiger partial charge in [0.25, 0.3) is 0 Å². The molecule has 4 heteroatoms. The van der Waals surface area contributed by atoms with Crippen molar-refractivity contribution in [1.82, 2.24) is 15.2 Å². The molecule has 0 amide bonds. The lowest BCUT2D eigenvalue weighted by atomic mass is 9.97. The Morgan fingerprint density at radius 1 is 1.32 bits per heavy atom. The normalized spacial score (nSPS) is 17.6. The van der Waals surface area contributed by atoms with E-state index in [0.717, 1.165) is 49.4 Å². The molecule has 108 valence electrons. The summed E-state index contributed by atoms with van der Waals surface area (Å²) in [5.41, 5.74) is 1.01. The van der Waals surface area contributed by atoms with E-state index in [1.807, 2.05) is 13.8 Å². The first-order valence-electron chi connectivity index (χ1n) is 7.44. The van der Waals surface area contributed by atoms with E-state index >= 15 is 0 Å². The van der Waals surface area contributed by atoms with Gasteiger partial charge in [0.15, 0.2) is 0 Å². The van der Waals surface area contributed by atoms with Crippen molar-refractivity contribution in [3.05, 3.63) is 17.3 Å². The zero-order valence-corrected chi connectivity index (χ0v) is 12.7. The summed E-state index contributed by atoms with van der Waals surface area (Å²) in [7, 11) is 0. The van der Waals surface area contributed by atoms with Crippen LogP contribution in [-0.4, -0.2) is 35.6 Å². The van der Waals surface area contributed by atoms with Crippen LogP contribution in [0.5, 0.6) is 0 Å². The minimum Gasteiger partial charge on any atom is -0.444 e. The molecule has 1 saturated heterocycles. The van der Waals surface area contributed by atoms with Gasteiger partial charge in [-0.15, -0.1) is 0 Å². The molecule has 2 rings (SSSR count). The molecule has 0 spiro atoms. The zero-order chi connectivity index (χ0) is 13.8. The van der Waals surface area contributed by atoms with Crippen LogP contribution in [-0.2, 0) is 6.54 Å². The summed E-state index contributed by atoms with van der Waals surface area (Å²) >= 11 is 0. The molecule has 1 aliphatic rings. The van der Waals surface area contributed by atoms with E-state index in [0.29, 0.717) is 6.04 Å². The maximum Gasteiger partial charge on any atom is 0.208 e. The highest BCUT2D eigenvalue weighted by molar-refractivity contribution is 5.05. The first-order valence-corrected chi connectivity index (χ1v) is 7.44. The number of nitrogens with one attached hydrogen (secondary N) is 1. The molecule has 0 atom stereocenters. The van der Waals surface area contributed by atoms with Crippen LogP contribution in [0, 0.1) is 19.8 Å². The number of oxazole rings is 1. The van der Waals surface area contributed by atoms with E-state index in [-0.39, 0.29) is 0 Å². The summed E-state index contributed by atoms with van der Waals surface area (Å²) in [6.45, 7) is 12.8. The number of aryl methyl sites for hydroxylation is 2. The summed E-state index contributed by atoms with van der Waals surface area (Å²) in [4.78, 5) is 6.99. The summed E-state index contributed by atoms with van der Waals surface area (Å²) in [6, 6.07) is 0.530. The van der Waals surface area contributed by atoms with Gasteiger partial charge in [-0.25, -0.2) is 4.98 Å². The second-order valence-corrected chi connectivity index (χ2v) is 5.97. The molecule has 0 aliphatic carbocycles. The minimum atomic E-state index is 0.530. The van der Waals surface area contributed by atoms with E-state index in [4.69, 9.17) is 4.42 Å². The van der Waals surface area contributed by atoms with Gasteiger partial charge in [0.1, 0.15) is 5.76 Å². The van der Waals surface area contributed by atoms with Gasteiger partial charge in [0, 0.05) is 12.6 Å². The molecule has 1 N–H and O–H groups in total. The predicted octanol–water partition coefficient (Wildman–Crippen LogP) is 2.50. The molecule has 1 aliphatic heterocycles. The molecule has 1 aromatic rings. The van der Waals surface area contributed by atoms with Gasteiger partial charge in [-0.1, -0.05) is 0 Å². The number of hydrogen-bond acceptors (Lipinski definition) is 4. The fourth-order valence-electron chi connectivity index (χ4n) is 2.63. The third-order valence-corrected chi connectivity index (χ3v) is 4.09. The van der Waals surface area contributed by atoms with Gasteiger partial charge in [-0.2, -0.15) is 0 Å². The quantitative estimate of drug-likeness (QED) is 0.888. The largest absolute Gasteiger partial charge is 0.444 e. The lowest BCUT2D eigenvalue weighted by molar-refractivity contribution is 0.148. The molecule has 0 bridgehead atoms. The SMILES string of the molecule is Cc1nc(CN(CC2CCNCC2)C(C)C)oc1C. The van der Waals surface area contributed by atoms with Gasteiger partial charge >= 0.3 is 0 Å². The first kappa shape index (κ1) is 14.5. The Hall–Kier alpha value is -0.870. The van der Waals surface area contributed by atoms with Gasteiger partial charge in [-0.3, -0.25) is 4.90 Å². The molecule has 0 aromatic carbocycles. The van der Waals surface area contributed by atoms with Crippen LogP contribution < -0.4 is 5.32 Å². The Labute approximate surface area is 116 Å². The highest BCUT2D eigenvalue weighted by atomic mass is 16.4. The molecular weight excluding hydrogens is 238 g/mol. The first-order chi connectivity index (χ1) is 9.06. The molecule has 2 heterocycles. The summed E-state index contributed by atoms with van der Waals surface area (Å²) < 4.78 is 5.72. The lowest BCUT2D eigenvalue weighted by Crippen LogP contribution is -2.39. The Balaban J connectivity index is 1.95. The molecule has 0 radical (unpaired) electrons. The van der Waals surface area contributed by atoms with Crippen molar-refractivity contribution in [2.24, 2.45) is 5.92 Å². The van der Waals surface area contributed by atoms with Crippen LogP contribution in [0.25, 0.3) is 0 Å². The Morgan fingerprint density at radius 3 is 2.53 bits per heavy atom. The number of hydrogen-bond donors (Lipinski definition) is 1. The monoisotopic (exact) mass is 265 g/mol. The van der Waals surface area contributed by atoms with E-state index in [2.05, 4.69) is 29.0 Å². The summed E-state index contributed by atoms with van der Waals surface area (Å²) in [6.07, 6.45) is 2.57. The molecule has 19 heavy (non-hydrogen) atoms. The predicted molar refractivity (Wildman–Crippen MR) is 77.1 cm³/mol. The number of piperidine rings is 1. The average Bonchev–Trinajstić information content (AvgIpc) is 2.69. The average molecular weight is 265 g/mol. The Bertz CT molecular complexity index is 375. The number of aromatic nitrogens is 1. The van der Waals surface area contributed by atoms with Crippen LogP contribution in [0.15, 0.2) is 4.42 Å². The van der Waals surface area contributed by atoms with E-state index in [1.54, 1.807) is 0 Å². The van der Waals surface area contributed by atoms with Gasteiger partial charge < -0.3 is 9.73 Å². The van der Waals surface area contributed by atoms with Crippen LogP contribution >= 0.6 is 0 Å². The van der Waals surface area contributed by atoms with E-state index in [9.17, 15) is 0 Å². The minimum absolute atomic E-state index is 0.530. The van der Waals surface area contributed by atoms with Crippen molar-refractivity contribution in [1.29, 1.82) is 0 Å². The maximum absolute atomic E-state index is 5.72. The molecule has 4 nitrogen and oxygen atoms in total. The van der Waals surface area contributed by atoms with Crippen molar-refractivity contribution in [2.45, 2.75) is 53.1 Å². The van der Waals surface area contributed by atoms with Crippen molar-refractivity contribution in [3.63, 3.8) is 0 Å². The van der Waals surface area contributed by atoms with Crippen molar-refractivity contribution in [2.75, 3.05) is 19.6 Å². The second-order valence-electron chi connectivity index (χ2n) is 5.97. The molecule has 1 aromatic heterocycles. The highest BCUT2D eigenvalue weighted by Gasteiger charge is 2.20. The smallest absolute Gasteiger partial charge is 0.208 e. The third-order valence-electron chi connectivity index (χ3n) is 4.09. The lowest BCUT2D eigenvalue weighted by Gasteiger charge is -2.31. The number of nitrogens with zero attached hydrogens (tertiary/aromatic N) is 2. The van der Waals surface area contributed by atoms with E-state index < -0.39 is 0 Å². The Kier molecular flexibility index (Phi) is 4.99. The van der Waals surface area contributed by atoms with Gasteiger partial charge in [0.05, 0.1) is 12.2 Å². The van der Waals surface area contributed by atoms with Crippen molar-refractivity contribution >= 4 is 0 Å². The highest BCUT2D eigenvalue weighted by Crippen LogP contribution is 2.18. The van der Waals surface area contributed by atoms with Gasteiger partial charge in [0.2, 0.25) is 5.89 Å².